The Morgan fingerprint density at radius 3 is 2.62 bits per heavy atom. The minimum atomic E-state index is -0.117. The van der Waals surface area contributed by atoms with Crippen LogP contribution in [0.1, 0.15) is 11.5 Å². The van der Waals surface area contributed by atoms with Crippen LogP contribution in [0.5, 0.6) is 0 Å². The highest BCUT2D eigenvalue weighted by molar-refractivity contribution is 6.30. The first-order valence-electron chi connectivity index (χ1n) is 9.47. The fourth-order valence-electron chi connectivity index (χ4n) is 3.43. The Bertz CT molecular complexity index is 1030. The quantitative estimate of drug-likeness (QED) is 0.693. The third-order valence-corrected chi connectivity index (χ3v) is 5.21. The third kappa shape index (κ3) is 4.35. The van der Waals surface area contributed by atoms with Crippen LogP contribution >= 0.6 is 11.6 Å². The summed E-state index contributed by atoms with van der Waals surface area (Å²) < 4.78 is 5.03. The Hall–Kier alpha value is -3.06. The number of nitrogens with one attached hydrogen (secondary N) is 1. The van der Waals surface area contributed by atoms with Crippen molar-refractivity contribution in [2.24, 2.45) is 0 Å². The zero-order valence-electron chi connectivity index (χ0n) is 16.4. The standard InChI is InChI=1S/C21H22ClN5O2/c1-14-6-7-17(22)13-19(14)26-8-10-27(11-9-26)21(28)24-18-5-3-4-16(12-18)20-23-15(2)29-25-20/h3-7,12-13H,8-11H2,1-2H3,(H,24,28). The highest BCUT2D eigenvalue weighted by Crippen LogP contribution is 2.26. The highest BCUT2D eigenvalue weighted by atomic mass is 35.5. The maximum atomic E-state index is 12.7. The molecule has 29 heavy (non-hydrogen) atoms. The fourth-order valence-corrected chi connectivity index (χ4v) is 3.60. The van der Waals surface area contributed by atoms with Gasteiger partial charge in [-0.15, -0.1) is 0 Å². The number of hydrogen-bond acceptors (Lipinski definition) is 5. The Morgan fingerprint density at radius 2 is 1.90 bits per heavy atom. The molecule has 4 rings (SSSR count). The Morgan fingerprint density at radius 1 is 1.10 bits per heavy atom. The van der Waals surface area contributed by atoms with E-state index < -0.39 is 0 Å². The molecule has 1 aliphatic heterocycles. The number of aromatic nitrogens is 2. The molecule has 150 valence electrons. The van der Waals surface area contributed by atoms with E-state index in [0.29, 0.717) is 30.5 Å². The zero-order valence-corrected chi connectivity index (χ0v) is 17.1. The topological polar surface area (TPSA) is 74.5 Å². The van der Waals surface area contributed by atoms with E-state index in [0.717, 1.165) is 29.4 Å². The first-order chi connectivity index (χ1) is 14.0. The summed E-state index contributed by atoms with van der Waals surface area (Å²) in [6.45, 7) is 6.62. The molecule has 0 saturated carbocycles. The van der Waals surface area contributed by atoms with Gasteiger partial charge in [-0.3, -0.25) is 0 Å². The van der Waals surface area contributed by atoms with Gasteiger partial charge in [0.25, 0.3) is 0 Å². The summed E-state index contributed by atoms with van der Waals surface area (Å²) >= 11 is 6.15. The van der Waals surface area contributed by atoms with Crippen molar-refractivity contribution in [3.63, 3.8) is 0 Å². The van der Waals surface area contributed by atoms with Crippen LogP contribution in [-0.2, 0) is 0 Å². The van der Waals surface area contributed by atoms with E-state index in [-0.39, 0.29) is 6.03 Å². The summed E-state index contributed by atoms with van der Waals surface area (Å²) in [5, 5.41) is 7.61. The minimum Gasteiger partial charge on any atom is -0.368 e. The van der Waals surface area contributed by atoms with Gasteiger partial charge in [-0.2, -0.15) is 4.98 Å². The third-order valence-electron chi connectivity index (χ3n) is 4.98. The second-order valence-electron chi connectivity index (χ2n) is 7.05. The van der Waals surface area contributed by atoms with Crippen LogP contribution in [0, 0.1) is 13.8 Å². The number of urea groups is 1. The molecule has 1 N–H and O–H groups in total. The molecule has 1 aliphatic rings. The normalized spacial score (nSPS) is 14.2. The largest absolute Gasteiger partial charge is 0.368 e. The van der Waals surface area contributed by atoms with E-state index in [1.807, 2.05) is 47.4 Å². The SMILES string of the molecule is Cc1nc(-c2cccc(NC(=O)N3CCN(c4cc(Cl)ccc4C)CC3)c2)no1. The van der Waals surface area contributed by atoms with Gasteiger partial charge < -0.3 is 19.6 Å². The molecule has 1 saturated heterocycles. The lowest BCUT2D eigenvalue weighted by Gasteiger charge is -2.36. The molecule has 3 aromatic rings. The summed E-state index contributed by atoms with van der Waals surface area (Å²) in [5.74, 6) is 1.01. The number of anilines is 2. The van der Waals surface area contributed by atoms with Crippen LogP contribution in [0.2, 0.25) is 5.02 Å². The molecule has 1 fully saturated rings. The number of piperazine rings is 1. The molecule has 0 radical (unpaired) electrons. The van der Waals surface area contributed by atoms with E-state index in [2.05, 4.69) is 27.3 Å². The molecule has 1 aromatic heterocycles. The van der Waals surface area contributed by atoms with Crippen molar-refractivity contribution in [1.29, 1.82) is 0 Å². The van der Waals surface area contributed by atoms with Crippen LogP contribution < -0.4 is 10.2 Å². The van der Waals surface area contributed by atoms with Crippen LogP contribution in [0.25, 0.3) is 11.4 Å². The summed E-state index contributed by atoms with van der Waals surface area (Å²) in [5.41, 5.74) is 3.80. The van der Waals surface area contributed by atoms with E-state index in [1.165, 1.54) is 5.56 Å². The number of rotatable bonds is 3. The second kappa shape index (κ2) is 8.13. The molecular weight excluding hydrogens is 390 g/mol. The van der Waals surface area contributed by atoms with E-state index >= 15 is 0 Å². The maximum Gasteiger partial charge on any atom is 0.321 e. The summed E-state index contributed by atoms with van der Waals surface area (Å²) in [7, 11) is 0. The molecule has 0 atom stereocenters. The number of carbonyl (C=O) groups excluding carboxylic acids is 1. The Labute approximate surface area is 174 Å². The van der Waals surface area contributed by atoms with Gasteiger partial charge in [-0.05, 0) is 36.8 Å². The van der Waals surface area contributed by atoms with Crippen molar-refractivity contribution >= 4 is 29.0 Å². The molecule has 2 amide bonds. The molecule has 0 unspecified atom stereocenters. The van der Waals surface area contributed by atoms with Crippen molar-refractivity contribution in [1.82, 2.24) is 15.0 Å². The summed E-state index contributed by atoms with van der Waals surface area (Å²) in [4.78, 5) is 21.0. The number of nitrogens with zero attached hydrogens (tertiary/aromatic N) is 4. The number of halogens is 1. The van der Waals surface area contributed by atoms with Gasteiger partial charge >= 0.3 is 6.03 Å². The van der Waals surface area contributed by atoms with Gasteiger partial charge in [0.05, 0.1) is 0 Å². The van der Waals surface area contributed by atoms with Crippen molar-refractivity contribution in [3.05, 3.63) is 58.9 Å². The molecule has 0 bridgehead atoms. The lowest BCUT2D eigenvalue weighted by molar-refractivity contribution is 0.208. The fraction of sp³-hybridized carbons (Fsp3) is 0.286. The van der Waals surface area contributed by atoms with Crippen LogP contribution in [0.3, 0.4) is 0 Å². The van der Waals surface area contributed by atoms with Gasteiger partial charge in [0.15, 0.2) is 0 Å². The Kier molecular flexibility index (Phi) is 5.40. The minimum absolute atomic E-state index is 0.117. The number of hydrogen-bond donors (Lipinski definition) is 1. The zero-order chi connectivity index (χ0) is 20.4. The molecule has 2 heterocycles. The van der Waals surface area contributed by atoms with Gasteiger partial charge in [-0.25, -0.2) is 4.79 Å². The number of benzene rings is 2. The van der Waals surface area contributed by atoms with E-state index in [1.54, 1.807) is 6.92 Å². The maximum absolute atomic E-state index is 12.7. The monoisotopic (exact) mass is 411 g/mol. The number of aryl methyl sites for hydroxylation is 2. The van der Waals surface area contributed by atoms with Crippen LogP contribution in [0.15, 0.2) is 47.0 Å². The van der Waals surface area contributed by atoms with Crippen molar-refractivity contribution in [3.8, 4) is 11.4 Å². The van der Waals surface area contributed by atoms with Crippen molar-refractivity contribution < 1.29 is 9.32 Å². The van der Waals surface area contributed by atoms with Crippen molar-refractivity contribution in [2.45, 2.75) is 13.8 Å². The number of carbonyl (C=O) groups is 1. The second-order valence-corrected chi connectivity index (χ2v) is 7.49. The summed E-state index contributed by atoms with van der Waals surface area (Å²) in [6, 6.07) is 13.2. The molecular formula is C21H22ClN5O2. The molecule has 2 aromatic carbocycles. The average molecular weight is 412 g/mol. The predicted octanol–water partition coefficient (Wildman–Crippen LogP) is 4.36. The molecule has 0 spiro atoms. The van der Waals surface area contributed by atoms with Gasteiger partial charge in [-0.1, -0.05) is 35.0 Å². The van der Waals surface area contributed by atoms with Crippen molar-refractivity contribution in [2.75, 3.05) is 36.4 Å². The average Bonchev–Trinajstić information content (AvgIpc) is 3.16. The van der Waals surface area contributed by atoms with Gasteiger partial charge in [0, 0.05) is 55.1 Å². The van der Waals surface area contributed by atoms with Gasteiger partial charge in [0.2, 0.25) is 11.7 Å². The highest BCUT2D eigenvalue weighted by Gasteiger charge is 2.22. The molecule has 0 aliphatic carbocycles. The predicted molar refractivity (Wildman–Crippen MR) is 113 cm³/mol. The first kappa shape index (κ1) is 19.3. The smallest absolute Gasteiger partial charge is 0.321 e. The number of amides is 2. The van der Waals surface area contributed by atoms with E-state index in [4.69, 9.17) is 16.1 Å². The van der Waals surface area contributed by atoms with Gasteiger partial charge in [0.1, 0.15) is 0 Å². The van der Waals surface area contributed by atoms with E-state index in [9.17, 15) is 4.79 Å². The molecule has 7 nitrogen and oxygen atoms in total. The Balaban J connectivity index is 1.38. The molecule has 8 heteroatoms. The van der Waals surface area contributed by atoms with Crippen LogP contribution in [0.4, 0.5) is 16.2 Å². The van der Waals surface area contributed by atoms with Crippen LogP contribution in [-0.4, -0.2) is 47.3 Å². The lowest BCUT2D eigenvalue weighted by Crippen LogP contribution is -2.50. The summed E-state index contributed by atoms with van der Waals surface area (Å²) in [6.07, 6.45) is 0. The lowest BCUT2D eigenvalue weighted by atomic mass is 10.1. The first-order valence-corrected chi connectivity index (χ1v) is 9.85.